The average Bonchev–Trinajstić information content (AvgIpc) is 1.99. The lowest BCUT2D eigenvalue weighted by Gasteiger charge is -2.32. The summed E-state index contributed by atoms with van der Waals surface area (Å²) in [5, 5.41) is 9.07. The molecule has 0 aliphatic rings. The molecule has 0 aromatic carbocycles. The Labute approximate surface area is 80.7 Å². The van der Waals surface area contributed by atoms with E-state index in [-0.39, 0.29) is 0 Å². The summed E-state index contributed by atoms with van der Waals surface area (Å²) in [5.41, 5.74) is -0.718. The maximum atomic E-state index is 11.0. The molecule has 0 rings (SSSR count). The fourth-order valence-electron chi connectivity index (χ4n) is 1.09. The van der Waals surface area contributed by atoms with Crippen molar-refractivity contribution < 1.29 is 9.90 Å². The summed E-state index contributed by atoms with van der Waals surface area (Å²) in [6.07, 6.45) is 1.65. The molecule has 78 valence electrons. The molecule has 0 aliphatic heterocycles. The summed E-state index contributed by atoms with van der Waals surface area (Å²) < 4.78 is 0. The molecule has 0 amide bonds. The first kappa shape index (κ1) is 12.4. The van der Waals surface area contributed by atoms with Gasteiger partial charge in [-0.05, 0) is 39.8 Å². The quantitative estimate of drug-likeness (QED) is 0.713. The Morgan fingerprint density at radius 3 is 2.15 bits per heavy atom. The van der Waals surface area contributed by atoms with Crippen molar-refractivity contribution in [2.75, 3.05) is 14.1 Å². The zero-order chi connectivity index (χ0) is 10.6. The largest absolute Gasteiger partial charge is 0.480 e. The number of likely N-dealkylation sites (N-methyl/N-ethyl adjacent to an activating group) is 1. The molecule has 0 radical (unpaired) electrons. The third kappa shape index (κ3) is 3.35. The van der Waals surface area contributed by atoms with Crippen molar-refractivity contribution in [3.05, 3.63) is 0 Å². The lowest BCUT2D eigenvalue weighted by Crippen LogP contribution is -2.48. The second-order valence-electron chi connectivity index (χ2n) is 4.41. The predicted octanol–water partition coefficient (Wildman–Crippen LogP) is 1.83. The topological polar surface area (TPSA) is 40.5 Å². The number of carboxylic acid groups (broad SMARTS) is 1. The smallest absolute Gasteiger partial charge is 0.323 e. The lowest BCUT2D eigenvalue weighted by molar-refractivity contribution is -0.149. The standard InChI is InChI=1S/C10H21NO2/c1-8(2)6-7-10(3,9(12)13)11(4)5/h8H,6-7H2,1-5H3,(H,12,13). The molecule has 0 saturated carbocycles. The maximum Gasteiger partial charge on any atom is 0.323 e. The van der Waals surface area contributed by atoms with Crippen LogP contribution in [-0.4, -0.2) is 35.6 Å². The molecule has 0 bridgehead atoms. The van der Waals surface area contributed by atoms with Crippen LogP contribution < -0.4 is 0 Å². The van der Waals surface area contributed by atoms with Gasteiger partial charge in [0.2, 0.25) is 0 Å². The van der Waals surface area contributed by atoms with Gasteiger partial charge in [0, 0.05) is 0 Å². The normalized spacial score (nSPS) is 16.2. The van der Waals surface area contributed by atoms with Crippen molar-refractivity contribution in [2.24, 2.45) is 5.92 Å². The second-order valence-corrected chi connectivity index (χ2v) is 4.41. The van der Waals surface area contributed by atoms with Gasteiger partial charge in [-0.2, -0.15) is 0 Å². The molecule has 1 atom stereocenters. The minimum absolute atomic E-state index is 0.554. The fourth-order valence-corrected chi connectivity index (χ4v) is 1.09. The zero-order valence-electron chi connectivity index (χ0n) is 9.29. The minimum atomic E-state index is -0.738. The van der Waals surface area contributed by atoms with Gasteiger partial charge in [0.15, 0.2) is 0 Å². The maximum absolute atomic E-state index is 11.0. The highest BCUT2D eigenvalue weighted by atomic mass is 16.4. The lowest BCUT2D eigenvalue weighted by atomic mass is 9.91. The molecule has 0 spiro atoms. The van der Waals surface area contributed by atoms with E-state index in [9.17, 15) is 4.79 Å². The van der Waals surface area contributed by atoms with Crippen LogP contribution in [-0.2, 0) is 4.79 Å². The van der Waals surface area contributed by atoms with Crippen LogP contribution in [0.2, 0.25) is 0 Å². The molecule has 0 fully saturated rings. The molecule has 0 aliphatic carbocycles. The van der Waals surface area contributed by atoms with Gasteiger partial charge in [-0.15, -0.1) is 0 Å². The van der Waals surface area contributed by atoms with Crippen LogP contribution in [0.25, 0.3) is 0 Å². The number of carboxylic acids is 1. The van der Waals surface area contributed by atoms with Gasteiger partial charge >= 0.3 is 5.97 Å². The van der Waals surface area contributed by atoms with Crippen LogP contribution >= 0.6 is 0 Å². The van der Waals surface area contributed by atoms with Crippen molar-refractivity contribution in [1.29, 1.82) is 0 Å². The van der Waals surface area contributed by atoms with Crippen LogP contribution in [0.5, 0.6) is 0 Å². The summed E-state index contributed by atoms with van der Waals surface area (Å²) in [7, 11) is 3.63. The van der Waals surface area contributed by atoms with Gasteiger partial charge in [0.1, 0.15) is 5.54 Å². The molecule has 0 aromatic heterocycles. The van der Waals surface area contributed by atoms with Crippen molar-refractivity contribution in [3.8, 4) is 0 Å². The summed E-state index contributed by atoms with van der Waals surface area (Å²) in [6, 6.07) is 0. The van der Waals surface area contributed by atoms with E-state index >= 15 is 0 Å². The van der Waals surface area contributed by atoms with E-state index in [1.807, 2.05) is 14.1 Å². The molecule has 0 heterocycles. The fraction of sp³-hybridized carbons (Fsp3) is 0.900. The Bertz CT molecular complexity index is 178. The summed E-state index contributed by atoms with van der Waals surface area (Å²) in [5.74, 6) is -0.184. The highest BCUT2D eigenvalue weighted by Gasteiger charge is 2.34. The number of hydrogen-bond donors (Lipinski definition) is 1. The van der Waals surface area contributed by atoms with Crippen LogP contribution in [0.3, 0.4) is 0 Å². The molecular weight excluding hydrogens is 166 g/mol. The summed E-state index contributed by atoms with van der Waals surface area (Å²) in [4.78, 5) is 12.8. The first-order chi connectivity index (χ1) is 5.80. The highest BCUT2D eigenvalue weighted by molar-refractivity contribution is 5.78. The second kappa shape index (κ2) is 4.61. The number of rotatable bonds is 5. The van der Waals surface area contributed by atoms with E-state index in [1.54, 1.807) is 11.8 Å². The molecular formula is C10H21NO2. The van der Waals surface area contributed by atoms with Gasteiger partial charge in [0.25, 0.3) is 0 Å². The van der Waals surface area contributed by atoms with Crippen molar-refractivity contribution in [3.63, 3.8) is 0 Å². The molecule has 1 N–H and O–H groups in total. The monoisotopic (exact) mass is 187 g/mol. The SMILES string of the molecule is CC(C)CCC(C)(C(=O)O)N(C)C. The van der Waals surface area contributed by atoms with Gasteiger partial charge < -0.3 is 5.11 Å². The Hall–Kier alpha value is -0.570. The van der Waals surface area contributed by atoms with E-state index in [4.69, 9.17) is 5.11 Å². The Kier molecular flexibility index (Phi) is 4.40. The van der Waals surface area contributed by atoms with E-state index in [0.717, 1.165) is 6.42 Å². The van der Waals surface area contributed by atoms with E-state index in [0.29, 0.717) is 12.3 Å². The van der Waals surface area contributed by atoms with Crippen molar-refractivity contribution >= 4 is 5.97 Å². The third-order valence-electron chi connectivity index (χ3n) is 2.66. The first-order valence-corrected chi connectivity index (χ1v) is 4.71. The molecule has 13 heavy (non-hydrogen) atoms. The van der Waals surface area contributed by atoms with Crippen LogP contribution in [0, 0.1) is 5.92 Å². The number of carbonyl (C=O) groups is 1. The van der Waals surface area contributed by atoms with Gasteiger partial charge in [0.05, 0.1) is 0 Å². The van der Waals surface area contributed by atoms with E-state index in [1.165, 1.54) is 0 Å². The Morgan fingerprint density at radius 2 is 1.92 bits per heavy atom. The highest BCUT2D eigenvalue weighted by Crippen LogP contribution is 2.21. The number of nitrogens with zero attached hydrogens (tertiary/aromatic N) is 1. The summed E-state index contributed by atoms with van der Waals surface area (Å²) in [6.45, 7) is 5.99. The predicted molar refractivity (Wildman–Crippen MR) is 53.8 cm³/mol. The van der Waals surface area contributed by atoms with Crippen LogP contribution in [0.1, 0.15) is 33.6 Å². The Balaban J connectivity index is 4.34. The molecule has 0 aromatic rings. The average molecular weight is 187 g/mol. The first-order valence-electron chi connectivity index (χ1n) is 4.71. The van der Waals surface area contributed by atoms with Gasteiger partial charge in [-0.1, -0.05) is 13.8 Å². The van der Waals surface area contributed by atoms with Crippen molar-refractivity contribution in [2.45, 2.75) is 39.2 Å². The Morgan fingerprint density at radius 1 is 1.46 bits per heavy atom. The molecule has 1 unspecified atom stereocenters. The van der Waals surface area contributed by atoms with Crippen LogP contribution in [0.15, 0.2) is 0 Å². The van der Waals surface area contributed by atoms with Gasteiger partial charge in [-0.25, -0.2) is 0 Å². The minimum Gasteiger partial charge on any atom is -0.480 e. The van der Waals surface area contributed by atoms with Gasteiger partial charge in [-0.3, -0.25) is 9.69 Å². The number of aliphatic carboxylic acids is 1. The molecule has 3 nitrogen and oxygen atoms in total. The third-order valence-corrected chi connectivity index (χ3v) is 2.66. The van der Waals surface area contributed by atoms with Crippen LogP contribution in [0.4, 0.5) is 0 Å². The summed E-state index contributed by atoms with van der Waals surface area (Å²) >= 11 is 0. The van der Waals surface area contributed by atoms with Crippen molar-refractivity contribution in [1.82, 2.24) is 4.90 Å². The van der Waals surface area contributed by atoms with E-state index in [2.05, 4.69) is 13.8 Å². The zero-order valence-corrected chi connectivity index (χ0v) is 9.29. The van der Waals surface area contributed by atoms with E-state index < -0.39 is 11.5 Å². The number of hydrogen-bond acceptors (Lipinski definition) is 2. The molecule has 0 saturated heterocycles. The molecule has 3 heteroatoms.